The first-order valence-electron chi connectivity index (χ1n) is 7.36. The van der Waals surface area contributed by atoms with E-state index in [-0.39, 0.29) is 0 Å². The summed E-state index contributed by atoms with van der Waals surface area (Å²) in [6.45, 7) is 2.02. The highest BCUT2D eigenvalue weighted by Gasteiger charge is 2.23. The second-order valence-corrected chi connectivity index (χ2v) is 5.45. The summed E-state index contributed by atoms with van der Waals surface area (Å²) < 4.78 is 0. The minimum absolute atomic E-state index is 0.561. The first kappa shape index (κ1) is 12.3. The van der Waals surface area contributed by atoms with Gasteiger partial charge in [0.25, 0.3) is 0 Å². The fourth-order valence-electron chi connectivity index (χ4n) is 3.12. The predicted molar refractivity (Wildman–Crippen MR) is 82.3 cm³/mol. The van der Waals surface area contributed by atoms with E-state index >= 15 is 0 Å². The third kappa shape index (κ3) is 2.24. The van der Waals surface area contributed by atoms with Gasteiger partial charge in [0, 0.05) is 37.1 Å². The van der Waals surface area contributed by atoms with E-state index in [0.29, 0.717) is 5.92 Å². The number of nitrogens with zero attached hydrogens (tertiary/aromatic N) is 4. The van der Waals surface area contributed by atoms with Gasteiger partial charge in [0.15, 0.2) is 0 Å². The van der Waals surface area contributed by atoms with Crippen LogP contribution in [0, 0.1) is 0 Å². The third-order valence-corrected chi connectivity index (χ3v) is 4.23. The average Bonchev–Trinajstić information content (AvgIpc) is 3.04. The molecule has 1 N–H and O–H groups in total. The summed E-state index contributed by atoms with van der Waals surface area (Å²) in [5, 5.41) is 1.11. The van der Waals surface area contributed by atoms with Crippen molar-refractivity contribution < 1.29 is 0 Å². The van der Waals surface area contributed by atoms with E-state index in [1.807, 2.05) is 18.5 Å². The number of aromatic amines is 1. The molecule has 0 bridgehead atoms. The first-order valence-corrected chi connectivity index (χ1v) is 7.36. The SMILES string of the molecule is c1ccc(C2CCN(c3ncnc4[nH]ccc34)CC2)nc1. The van der Waals surface area contributed by atoms with Crippen LogP contribution in [0.25, 0.3) is 11.0 Å². The van der Waals surface area contributed by atoms with Crippen LogP contribution < -0.4 is 4.90 Å². The molecule has 4 heterocycles. The van der Waals surface area contributed by atoms with Gasteiger partial charge in [0.2, 0.25) is 0 Å². The first-order chi connectivity index (χ1) is 10.4. The van der Waals surface area contributed by atoms with Crippen LogP contribution in [0.4, 0.5) is 5.82 Å². The Hall–Kier alpha value is -2.43. The van der Waals surface area contributed by atoms with Crippen molar-refractivity contribution in [3.63, 3.8) is 0 Å². The molecule has 106 valence electrons. The number of rotatable bonds is 2. The average molecular weight is 279 g/mol. The Kier molecular flexibility index (Phi) is 3.03. The number of aromatic nitrogens is 4. The quantitative estimate of drug-likeness (QED) is 0.783. The second kappa shape index (κ2) is 5.16. The van der Waals surface area contributed by atoms with Gasteiger partial charge >= 0.3 is 0 Å². The molecule has 4 rings (SSSR count). The highest BCUT2D eigenvalue weighted by Crippen LogP contribution is 2.30. The van der Waals surface area contributed by atoms with Crippen LogP contribution in [0.15, 0.2) is 43.0 Å². The molecule has 0 amide bonds. The monoisotopic (exact) mass is 279 g/mol. The van der Waals surface area contributed by atoms with Crippen LogP contribution in [0.2, 0.25) is 0 Å². The molecule has 0 aliphatic carbocycles. The summed E-state index contributed by atoms with van der Waals surface area (Å²) in [5.74, 6) is 1.60. The van der Waals surface area contributed by atoms with Gasteiger partial charge in [-0.2, -0.15) is 0 Å². The van der Waals surface area contributed by atoms with Crippen molar-refractivity contribution >= 4 is 16.9 Å². The van der Waals surface area contributed by atoms with Crippen molar-refractivity contribution in [2.45, 2.75) is 18.8 Å². The van der Waals surface area contributed by atoms with E-state index in [1.54, 1.807) is 6.33 Å². The van der Waals surface area contributed by atoms with E-state index < -0.39 is 0 Å². The highest BCUT2D eigenvalue weighted by atomic mass is 15.2. The normalized spacial score (nSPS) is 16.5. The van der Waals surface area contributed by atoms with Crippen LogP contribution in [-0.2, 0) is 0 Å². The Morgan fingerprint density at radius 3 is 2.76 bits per heavy atom. The minimum atomic E-state index is 0.561. The molecule has 3 aromatic heterocycles. The third-order valence-electron chi connectivity index (χ3n) is 4.23. The van der Waals surface area contributed by atoms with Crippen LogP contribution in [0.3, 0.4) is 0 Å². The molecule has 0 spiro atoms. The molecule has 3 aromatic rings. The fourth-order valence-corrected chi connectivity index (χ4v) is 3.12. The molecule has 0 aromatic carbocycles. The van der Waals surface area contributed by atoms with Gasteiger partial charge in [-0.3, -0.25) is 4.98 Å². The number of fused-ring (bicyclic) bond motifs is 1. The van der Waals surface area contributed by atoms with Crippen LogP contribution in [0.5, 0.6) is 0 Å². The lowest BCUT2D eigenvalue weighted by atomic mass is 9.93. The number of nitrogens with one attached hydrogen (secondary N) is 1. The van der Waals surface area contributed by atoms with Crippen molar-refractivity contribution in [3.05, 3.63) is 48.7 Å². The topological polar surface area (TPSA) is 57.7 Å². The number of anilines is 1. The summed E-state index contributed by atoms with van der Waals surface area (Å²) in [4.78, 5) is 18.7. The highest BCUT2D eigenvalue weighted by molar-refractivity contribution is 5.87. The number of H-pyrrole nitrogens is 1. The molecule has 5 nitrogen and oxygen atoms in total. The Bertz CT molecular complexity index is 729. The zero-order valence-corrected chi connectivity index (χ0v) is 11.7. The Morgan fingerprint density at radius 1 is 1.05 bits per heavy atom. The van der Waals surface area contributed by atoms with Crippen molar-refractivity contribution in [3.8, 4) is 0 Å². The predicted octanol–water partition coefficient (Wildman–Crippen LogP) is 2.74. The Morgan fingerprint density at radius 2 is 1.95 bits per heavy atom. The molecular formula is C16H17N5. The summed E-state index contributed by atoms with van der Waals surface area (Å²) in [6.07, 6.45) is 7.68. The van der Waals surface area contributed by atoms with Crippen LogP contribution >= 0.6 is 0 Å². The lowest BCUT2D eigenvalue weighted by molar-refractivity contribution is 0.494. The van der Waals surface area contributed by atoms with Crippen LogP contribution in [-0.4, -0.2) is 33.0 Å². The van der Waals surface area contributed by atoms with Gasteiger partial charge in [-0.1, -0.05) is 6.07 Å². The maximum absolute atomic E-state index is 4.49. The standard InChI is InChI=1S/C16H17N5/c1-2-7-17-14(3-1)12-5-9-21(10-6-12)16-13-4-8-18-15(13)19-11-20-16/h1-4,7-8,11-12H,5-6,9-10H2,(H,18,19,20). The Labute approximate surface area is 123 Å². The number of hydrogen-bond acceptors (Lipinski definition) is 4. The molecular weight excluding hydrogens is 262 g/mol. The number of hydrogen-bond donors (Lipinski definition) is 1. The zero-order valence-electron chi connectivity index (χ0n) is 11.7. The van der Waals surface area contributed by atoms with Crippen molar-refractivity contribution in [2.75, 3.05) is 18.0 Å². The van der Waals surface area contributed by atoms with Gasteiger partial charge in [0.1, 0.15) is 17.8 Å². The molecule has 0 unspecified atom stereocenters. The zero-order chi connectivity index (χ0) is 14.1. The van der Waals surface area contributed by atoms with Gasteiger partial charge in [-0.15, -0.1) is 0 Å². The van der Waals surface area contributed by atoms with E-state index in [1.165, 1.54) is 5.69 Å². The molecule has 1 aliphatic rings. The molecule has 1 saturated heterocycles. The van der Waals surface area contributed by atoms with E-state index in [2.05, 4.69) is 43.0 Å². The van der Waals surface area contributed by atoms with E-state index in [9.17, 15) is 0 Å². The van der Waals surface area contributed by atoms with Crippen LogP contribution in [0.1, 0.15) is 24.5 Å². The molecule has 0 saturated carbocycles. The summed E-state index contributed by atoms with van der Waals surface area (Å²) in [7, 11) is 0. The van der Waals surface area contributed by atoms with Crippen molar-refractivity contribution in [1.82, 2.24) is 19.9 Å². The molecule has 0 radical (unpaired) electrons. The van der Waals surface area contributed by atoms with Gasteiger partial charge in [0.05, 0.1) is 5.39 Å². The number of piperidine rings is 1. The largest absolute Gasteiger partial charge is 0.356 e. The fraction of sp³-hybridized carbons (Fsp3) is 0.312. The van der Waals surface area contributed by atoms with Gasteiger partial charge < -0.3 is 9.88 Å². The lowest BCUT2D eigenvalue weighted by Crippen LogP contribution is -2.33. The number of pyridine rings is 1. The molecule has 5 heteroatoms. The van der Waals surface area contributed by atoms with Gasteiger partial charge in [-0.05, 0) is 31.0 Å². The maximum atomic E-state index is 4.49. The maximum Gasteiger partial charge on any atom is 0.142 e. The molecule has 0 atom stereocenters. The summed E-state index contributed by atoms with van der Waals surface area (Å²) in [6, 6.07) is 8.23. The van der Waals surface area contributed by atoms with E-state index in [4.69, 9.17) is 0 Å². The molecule has 1 aliphatic heterocycles. The van der Waals surface area contributed by atoms with Gasteiger partial charge in [-0.25, -0.2) is 9.97 Å². The smallest absolute Gasteiger partial charge is 0.142 e. The van der Waals surface area contributed by atoms with Crippen molar-refractivity contribution in [2.24, 2.45) is 0 Å². The lowest BCUT2D eigenvalue weighted by Gasteiger charge is -2.32. The Balaban J connectivity index is 1.54. The molecule has 1 fully saturated rings. The van der Waals surface area contributed by atoms with E-state index in [0.717, 1.165) is 42.8 Å². The minimum Gasteiger partial charge on any atom is -0.356 e. The summed E-state index contributed by atoms with van der Waals surface area (Å²) >= 11 is 0. The summed E-state index contributed by atoms with van der Waals surface area (Å²) in [5.41, 5.74) is 2.12. The van der Waals surface area contributed by atoms with Crippen molar-refractivity contribution in [1.29, 1.82) is 0 Å². The second-order valence-electron chi connectivity index (χ2n) is 5.45. The molecule has 21 heavy (non-hydrogen) atoms.